The molecule has 0 aromatic heterocycles. The molecule has 126 valence electrons. The lowest BCUT2D eigenvalue weighted by molar-refractivity contribution is -0.148. The van der Waals surface area contributed by atoms with Crippen molar-refractivity contribution in [3.8, 4) is 0 Å². The van der Waals surface area contributed by atoms with Crippen molar-refractivity contribution in [3.05, 3.63) is 41.5 Å². The standard InChI is InChI=1S/C17H20N4O3/c18-17(19)12-6-4-11(5-7-12)14-9-13(24-20-14)10-16(23)21-8-2-1-3-15(21)22/h4-7,9,13,20H,1-3,8,10H2,(H3,18,19). The fraction of sp³-hybridized carbons (Fsp3) is 0.353. The maximum Gasteiger partial charge on any atom is 0.232 e. The van der Waals surface area contributed by atoms with Crippen molar-refractivity contribution < 1.29 is 14.4 Å². The molecule has 1 aromatic carbocycles. The van der Waals surface area contributed by atoms with E-state index in [1.165, 1.54) is 4.90 Å². The van der Waals surface area contributed by atoms with Crippen LogP contribution in [0.2, 0.25) is 0 Å². The number of hydrogen-bond acceptors (Lipinski definition) is 5. The van der Waals surface area contributed by atoms with Gasteiger partial charge >= 0.3 is 0 Å². The number of carbonyl (C=O) groups is 2. The first-order valence-electron chi connectivity index (χ1n) is 7.96. The van der Waals surface area contributed by atoms with E-state index in [1.807, 2.05) is 18.2 Å². The van der Waals surface area contributed by atoms with Gasteiger partial charge in [-0.25, -0.2) is 0 Å². The van der Waals surface area contributed by atoms with Crippen LogP contribution >= 0.6 is 0 Å². The number of carbonyl (C=O) groups excluding carboxylic acids is 2. The summed E-state index contributed by atoms with van der Waals surface area (Å²) in [5, 5.41) is 7.39. The first-order valence-corrected chi connectivity index (χ1v) is 7.96. The minimum Gasteiger partial charge on any atom is -0.384 e. The number of imide groups is 1. The molecule has 1 fully saturated rings. The van der Waals surface area contributed by atoms with E-state index in [4.69, 9.17) is 16.0 Å². The van der Waals surface area contributed by atoms with Gasteiger partial charge in [0.2, 0.25) is 11.8 Å². The predicted octanol–water partition coefficient (Wildman–Crippen LogP) is 1.14. The van der Waals surface area contributed by atoms with Gasteiger partial charge in [-0.2, -0.15) is 0 Å². The molecule has 2 aliphatic heterocycles. The summed E-state index contributed by atoms with van der Waals surface area (Å²) in [4.78, 5) is 30.8. The zero-order valence-corrected chi connectivity index (χ0v) is 13.2. The van der Waals surface area contributed by atoms with Crippen molar-refractivity contribution in [1.82, 2.24) is 10.4 Å². The number of nitrogens with one attached hydrogen (secondary N) is 2. The highest BCUT2D eigenvalue weighted by molar-refractivity contribution is 5.96. The summed E-state index contributed by atoms with van der Waals surface area (Å²) in [6.07, 6.45) is 3.71. The predicted molar refractivity (Wildman–Crippen MR) is 88.6 cm³/mol. The maximum absolute atomic E-state index is 12.3. The molecule has 0 radical (unpaired) electrons. The van der Waals surface area contributed by atoms with Crippen molar-refractivity contribution >= 4 is 23.3 Å². The third-order valence-electron chi connectivity index (χ3n) is 4.18. The zero-order chi connectivity index (χ0) is 17.1. The molecule has 0 aliphatic carbocycles. The van der Waals surface area contributed by atoms with E-state index in [1.54, 1.807) is 12.1 Å². The Hall–Kier alpha value is -2.67. The summed E-state index contributed by atoms with van der Waals surface area (Å²) < 4.78 is 0. The third kappa shape index (κ3) is 3.46. The first-order chi connectivity index (χ1) is 11.5. The van der Waals surface area contributed by atoms with E-state index < -0.39 is 6.10 Å². The smallest absolute Gasteiger partial charge is 0.232 e. The van der Waals surface area contributed by atoms with Crippen molar-refractivity contribution in [2.45, 2.75) is 31.8 Å². The largest absolute Gasteiger partial charge is 0.384 e. The summed E-state index contributed by atoms with van der Waals surface area (Å²) in [6.45, 7) is 0.501. The van der Waals surface area contributed by atoms with E-state index in [-0.39, 0.29) is 24.1 Å². The normalized spacial score (nSPS) is 20.5. The van der Waals surface area contributed by atoms with Crippen molar-refractivity contribution in [2.75, 3.05) is 6.54 Å². The van der Waals surface area contributed by atoms with Crippen LogP contribution in [0.4, 0.5) is 0 Å². The van der Waals surface area contributed by atoms with Crippen LogP contribution in [-0.2, 0) is 14.4 Å². The van der Waals surface area contributed by atoms with Crippen LogP contribution in [0.15, 0.2) is 30.3 Å². The molecule has 1 atom stereocenters. The number of nitrogens with two attached hydrogens (primary N) is 1. The van der Waals surface area contributed by atoms with Crippen molar-refractivity contribution in [2.24, 2.45) is 5.73 Å². The summed E-state index contributed by atoms with van der Waals surface area (Å²) in [7, 11) is 0. The quantitative estimate of drug-likeness (QED) is 0.567. The van der Waals surface area contributed by atoms with Crippen molar-refractivity contribution in [3.63, 3.8) is 0 Å². The van der Waals surface area contributed by atoms with E-state index >= 15 is 0 Å². The number of hydrogen-bond donors (Lipinski definition) is 3. The second-order valence-corrected chi connectivity index (χ2v) is 5.93. The number of amidine groups is 1. The van der Waals surface area contributed by atoms with Crippen LogP contribution < -0.4 is 11.2 Å². The Morgan fingerprint density at radius 1 is 1.33 bits per heavy atom. The van der Waals surface area contributed by atoms with E-state index in [9.17, 15) is 9.59 Å². The molecule has 3 rings (SSSR count). The van der Waals surface area contributed by atoms with Gasteiger partial charge in [0, 0.05) is 18.5 Å². The fourth-order valence-corrected chi connectivity index (χ4v) is 2.83. The van der Waals surface area contributed by atoms with Crippen LogP contribution in [0.3, 0.4) is 0 Å². The number of nitrogen functional groups attached to an aromatic ring is 1. The molecule has 7 heteroatoms. The second-order valence-electron chi connectivity index (χ2n) is 5.93. The molecule has 24 heavy (non-hydrogen) atoms. The molecular weight excluding hydrogens is 308 g/mol. The average molecular weight is 328 g/mol. The number of nitrogens with zero attached hydrogens (tertiary/aromatic N) is 1. The highest BCUT2D eigenvalue weighted by Gasteiger charge is 2.28. The first kappa shape index (κ1) is 16.2. The third-order valence-corrected chi connectivity index (χ3v) is 4.18. The van der Waals surface area contributed by atoms with Crippen LogP contribution in [-0.4, -0.2) is 35.2 Å². The number of benzene rings is 1. The second kappa shape index (κ2) is 6.84. The molecule has 0 spiro atoms. The maximum atomic E-state index is 12.3. The SMILES string of the molecule is N=C(N)c1ccc(C2=CC(CC(=O)N3CCCCC3=O)ON2)cc1. The van der Waals surface area contributed by atoms with Gasteiger partial charge in [0.15, 0.2) is 0 Å². The van der Waals surface area contributed by atoms with Gasteiger partial charge in [-0.15, -0.1) is 0 Å². The van der Waals surface area contributed by atoms with Gasteiger partial charge in [0.25, 0.3) is 0 Å². The van der Waals surface area contributed by atoms with E-state index in [2.05, 4.69) is 5.48 Å². The van der Waals surface area contributed by atoms with Gasteiger partial charge in [-0.1, -0.05) is 24.3 Å². The number of likely N-dealkylation sites (tertiary alicyclic amines) is 1. The summed E-state index contributed by atoms with van der Waals surface area (Å²) >= 11 is 0. The number of piperidine rings is 1. The molecule has 1 saturated heterocycles. The Morgan fingerprint density at radius 3 is 2.75 bits per heavy atom. The molecule has 4 N–H and O–H groups in total. The Balaban J connectivity index is 1.63. The monoisotopic (exact) mass is 328 g/mol. The van der Waals surface area contributed by atoms with Crippen molar-refractivity contribution in [1.29, 1.82) is 5.41 Å². The molecule has 2 amide bonds. The lowest BCUT2D eigenvalue weighted by Gasteiger charge is -2.25. The van der Waals surface area contributed by atoms with E-state index in [0.29, 0.717) is 18.5 Å². The van der Waals surface area contributed by atoms with Gasteiger partial charge in [-0.3, -0.25) is 30.2 Å². The number of hydroxylamine groups is 1. The molecule has 0 saturated carbocycles. The molecule has 2 heterocycles. The topological polar surface area (TPSA) is 109 Å². The van der Waals surface area contributed by atoms with Gasteiger partial charge in [-0.05, 0) is 24.5 Å². The Bertz CT molecular complexity index is 696. The summed E-state index contributed by atoms with van der Waals surface area (Å²) in [6, 6.07) is 7.17. The molecule has 1 aromatic rings. The number of amides is 2. The molecule has 0 bridgehead atoms. The van der Waals surface area contributed by atoms with Gasteiger partial charge in [0.05, 0.1) is 12.1 Å². The van der Waals surface area contributed by atoms with Gasteiger partial charge in [0.1, 0.15) is 11.9 Å². The highest BCUT2D eigenvalue weighted by atomic mass is 16.7. The Kier molecular flexibility index (Phi) is 4.61. The zero-order valence-electron chi connectivity index (χ0n) is 13.2. The molecule has 7 nitrogen and oxygen atoms in total. The summed E-state index contributed by atoms with van der Waals surface area (Å²) in [5.74, 6) is -0.280. The Morgan fingerprint density at radius 2 is 2.08 bits per heavy atom. The average Bonchev–Trinajstić information content (AvgIpc) is 3.03. The lowest BCUT2D eigenvalue weighted by Crippen LogP contribution is -2.41. The number of rotatable bonds is 4. The minimum atomic E-state index is -0.408. The van der Waals surface area contributed by atoms with Crippen LogP contribution in [0.1, 0.15) is 36.8 Å². The van der Waals surface area contributed by atoms with Crippen LogP contribution in [0.5, 0.6) is 0 Å². The fourth-order valence-electron chi connectivity index (χ4n) is 2.83. The van der Waals surface area contributed by atoms with E-state index in [0.717, 1.165) is 24.1 Å². The molecule has 2 aliphatic rings. The lowest BCUT2D eigenvalue weighted by atomic mass is 10.1. The minimum absolute atomic E-state index is 0.0147. The molecular formula is C17H20N4O3. The summed E-state index contributed by atoms with van der Waals surface area (Å²) in [5.41, 5.74) is 10.5. The highest BCUT2D eigenvalue weighted by Crippen LogP contribution is 2.22. The van der Waals surface area contributed by atoms with Gasteiger partial charge < -0.3 is 5.73 Å². The van der Waals surface area contributed by atoms with Crippen LogP contribution in [0, 0.1) is 5.41 Å². The van der Waals surface area contributed by atoms with Crippen LogP contribution in [0.25, 0.3) is 5.70 Å². The Labute approximate surface area is 139 Å². The molecule has 1 unspecified atom stereocenters.